The van der Waals surface area contributed by atoms with Gasteiger partial charge in [-0.25, -0.2) is 4.79 Å². The molecule has 21 heavy (non-hydrogen) atoms. The minimum absolute atomic E-state index is 0.294. The molecule has 0 fully saturated rings. The zero-order valence-electron chi connectivity index (χ0n) is 11.9. The van der Waals surface area contributed by atoms with E-state index in [9.17, 15) is 9.59 Å². The number of benzene rings is 1. The van der Waals surface area contributed by atoms with E-state index in [4.69, 9.17) is 27.9 Å². The lowest BCUT2D eigenvalue weighted by Crippen LogP contribution is -2.31. The summed E-state index contributed by atoms with van der Waals surface area (Å²) >= 11 is 11.6. The summed E-state index contributed by atoms with van der Waals surface area (Å²) in [4.78, 5) is 22.8. The number of hydrogen-bond donors (Lipinski definition) is 1. The average Bonchev–Trinajstić information content (AvgIpc) is 2.44. The minimum atomic E-state index is -0.597. The molecular weight excluding hydrogens is 313 g/mol. The van der Waals surface area contributed by atoms with Crippen molar-refractivity contribution in [1.82, 2.24) is 5.32 Å². The van der Waals surface area contributed by atoms with Crippen molar-refractivity contribution < 1.29 is 14.3 Å². The van der Waals surface area contributed by atoms with Crippen LogP contribution in [0, 0.1) is 5.92 Å². The zero-order valence-corrected chi connectivity index (χ0v) is 13.4. The van der Waals surface area contributed by atoms with Crippen molar-refractivity contribution in [2.45, 2.75) is 13.8 Å². The quantitative estimate of drug-likeness (QED) is 0.643. The summed E-state index contributed by atoms with van der Waals surface area (Å²) in [7, 11) is 0. The van der Waals surface area contributed by atoms with Crippen LogP contribution in [0.3, 0.4) is 0 Å². The van der Waals surface area contributed by atoms with E-state index in [1.807, 2.05) is 13.8 Å². The second-order valence-electron chi connectivity index (χ2n) is 4.81. The monoisotopic (exact) mass is 329 g/mol. The molecule has 6 heteroatoms. The van der Waals surface area contributed by atoms with Crippen LogP contribution in [0.5, 0.6) is 0 Å². The highest BCUT2D eigenvalue weighted by atomic mass is 35.5. The molecule has 0 aromatic heterocycles. The first-order chi connectivity index (χ1) is 9.88. The topological polar surface area (TPSA) is 55.4 Å². The molecule has 1 N–H and O–H groups in total. The number of ether oxygens (including phenoxy) is 1. The molecule has 0 unspecified atom stereocenters. The van der Waals surface area contributed by atoms with E-state index in [0.717, 1.165) is 0 Å². The molecule has 0 aliphatic heterocycles. The van der Waals surface area contributed by atoms with Crippen LogP contribution in [0.25, 0.3) is 6.08 Å². The zero-order chi connectivity index (χ0) is 15.8. The molecule has 1 rings (SSSR count). The van der Waals surface area contributed by atoms with Gasteiger partial charge in [0.15, 0.2) is 6.61 Å². The SMILES string of the molecule is CC(C)CNC(=O)COC(=O)/C=C/c1ccc(Cl)c(Cl)c1. The lowest BCUT2D eigenvalue weighted by molar-refractivity contribution is -0.143. The Labute approximate surface area is 134 Å². The summed E-state index contributed by atoms with van der Waals surface area (Å²) in [5.74, 6) is -0.569. The van der Waals surface area contributed by atoms with E-state index in [1.54, 1.807) is 18.2 Å². The molecular formula is C15H17Cl2NO3. The van der Waals surface area contributed by atoms with Gasteiger partial charge in [0.05, 0.1) is 10.0 Å². The molecule has 0 bridgehead atoms. The van der Waals surface area contributed by atoms with E-state index in [-0.39, 0.29) is 12.5 Å². The Kier molecular flexibility index (Phi) is 7.26. The van der Waals surface area contributed by atoms with Crippen molar-refractivity contribution in [3.8, 4) is 0 Å². The highest BCUT2D eigenvalue weighted by Crippen LogP contribution is 2.23. The largest absolute Gasteiger partial charge is 0.452 e. The normalized spacial score (nSPS) is 10.9. The van der Waals surface area contributed by atoms with Crippen LogP contribution in [0.1, 0.15) is 19.4 Å². The molecule has 4 nitrogen and oxygen atoms in total. The van der Waals surface area contributed by atoms with Gasteiger partial charge in [-0.3, -0.25) is 4.79 Å². The summed E-state index contributed by atoms with van der Waals surface area (Å²) < 4.78 is 4.81. The molecule has 1 aromatic rings. The Morgan fingerprint density at radius 3 is 2.62 bits per heavy atom. The van der Waals surface area contributed by atoms with Crippen LogP contribution in [0.2, 0.25) is 10.0 Å². The molecule has 0 saturated carbocycles. The van der Waals surface area contributed by atoms with E-state index >= 15 is 0 Å². The van der Waals surface area contributed by atoms with Crippen LogP contribution in [0.4, 0.5) is 0 Å². The van der Waals surface area contributed by atoms with Crippen LogP contribution < -0.4 is 5.32 Å². The fraction of sp³-hybridized carbons (Fsp3) is 0.333. The fourth-order valence-corrected chi connectivity index (χ4v) is 1.64. The van der Waals surface area contributed by atoms with Gasteiger partial charge in [-0.1, -0.05) is 43.1 Å². The molecule has 114 valence electrons. The summed E-state index contributed by atoms with van der Waals surface area (Å²) in [5, 5.41) is 3.50. The summed E-state index contributed by atoms with van der Waals surface area (Å²) in [6, 6.07) is 4.98. The first kappa shape index (κ1) is 17.5. The number of carbonyl (C=O) groups is 2. The second-order valence-corrected chi connectivity index (χ2v) is 5.63. The van der Waals surface area contributed by atoms with E-state index in [2.05, 4.69) is 5.32 Å². The molecule has 0 radical (unpaired) electrons. The second kappa shape index (κ2) is 8.70. The third-order valence-electron chi connectivity index (χ3n) is 2.41. The molecule has 0 heterocycles. The minimum Gasteiger partial charge on any atom is -0.452 e. The summed E-state index contributed by atoms with van der Waals surface area (Å²) in [6.07, 6.45) is 2.77. The van der Waals surface area contributed by atoms with Crippen LogP contribution >= 0.6 is 23.2 Å². The predicted molar refractivity (Wildman–Crippen MR) is 84.3 cm³/mol. The smallest absolute Gasteiger partial charge is 0.331 e. The van der Waals surface area contributed by atoms with Gasteiger partial charge in [0.2, 0.25) is 0 Å². The Morgan fingerprint density at radius 2 is 2.00 bits per heavy atom. The third kappa shape index (κ3) is 7.16. The molecule has 0 aliphatic carbocycles. The van der Waals surface area contributed by atoms with Gasteiger partial charge in [-0.2, -0.15) is 0 Å². The van der Waals surface area contributed by atoms with Crippen molar-refractivity contribution in [2.24, 2.45) is 5.92 Å². The van der Waals surface area contributed by atoms with Crippen molar-refractivity contribution in [3.63, 3.8) is 0 Å². The van der Waals surface area contributed by atoms with Crippen LogP contribution in [-0.4, -0.2) is 25.0 Å². The molecule has 0 atom stereocenters. The number of hydrogen-bond acceptors (Lipinski definition) is 3. The molecule has 0 aliphatic rings. The Morgan fingerprint density at radius 1 is 1.29 bits per heavy atom. The highest BCUT2D eigenvalue weighted by Gasteiger charge is 2.05. The Balaban J connectivity index is 2.41. The number of rotatable bonds is 6. The number of halogens is 2. The van der Waals surface area contributed by atoms with E-state index in [1.165, 1.54) is 12.2 Å². The van der Waals surface area contributed by atoms with Gasteiger partial charge in [0, 0.05) is 12.6 Å². The van der Waals surface area contributed by atoms with Crippen molar-refractivity contribution >= 4 is 41.2 Å². The van der Waals surface area contributed by atoms with Crippen molar-refractivity contribution in [1.29, 1.82) is 0 Å². The maximum atomic E-state index is 11.5. The number of carbonyl (C=O) groups excluding carboxylic acids is 2. The fourth-order valence-electron chi connectivity index (χ4n) is 1.33. The van der Waals surface area contributed by atoms with E-state index < -0.39 is 5.97 Å². The predicted octanol–water partition coefficient (Wildman–Crippen LogP) is 3.32. The molecule has 0 spiro atoms. The standard InChI is InChI=1S/C15H17Cl2NO3/c1-10(2)8-18-14(19)9-21-15(20)6-4-11-3-5-12(16)13(17)7-11/h3-7,10H,8-9H2,1-2H3,(H,18,19)/b6-4+. The van der Waals surface area contributed by atoms with Crippen LogP contribution in [-0.2, 0) is 14.3 Å². The Bertz CT molecular complexity index is 542. The maximum Gasteiger partial charge on any atom is 0.331 e. The molecule has 0 saturated heterocycles. The average molecular weight is 330 g/mol. The van der Waals surface area contributed by atoms with Gasteiger partial charge >= 0.3 is 5.97 Å². The molecule has 1 amide bonds. The first-order valence-electron chi connectivity index (χ1n) is 6.45. The maximum absolute atomic E-state index is 11.5. The lowest BCUT2D eigenvalue weighted by atomic mass is 10.2. The van der Waals surface area contributed by atoms with Crippen molar-refractivity contribution in [3.05, 3.63) is 39.9 Å². The van der Waals surface area contributed by atoms with Gasteiger partial charge in [0.1, 0.15) is 0 Å². The number of amides is 1. The third-order valence-corrected chi connectivity index (χ3v) is 3.15. The molecule has 1 aromatic carbocycles. The summed E-state index contributed by atoms with van der Waals surface area (Å²) in [6.45, 7) is 4.21. The van der Waals surface area contributed by atoms with Gasteiger partial charge in [-0.15, -0.1) is 0 Å². The van der Waals surface area contributed by atoms with Crippen LogP contribution in [0.15, 0.2) is 24.3 Å². The van der Waals surface area contributed by atoms with Gasteiger partial charge in [-0.05, 0) is 29.7 Å². The highest BCUT2D eigenvalue weighted by molar-refractivity contribution is 6.42. The number of nitrogens with one attached hydrogen (secondary N) is 1. The van der Waals surface area contributed by atoms with Gasteiger partial charge < -0.3 is 10.1 Å². The number of esters is 1. The summed E-state index contributed by atoms with van der Waals surface area (Å²) in [5.41, 5.74) is 0.714. The Hall–Kier alpha value is -1.52. The first-order valence-corrected chi connectivity index (χ1v) is 7.20. The van der Waals surface area contributed by atoms with E-state index in [0.29, 0.717) is 28.1 Å². The van der Waals surface area contributed by atoms with Gasteiger partial charge in [0.25, 0.3) is 5.91 Å². The van der Waals surface area contributed by atoms with Crippen molar-refractivity contribution in [2.75, 3.05) is 13.2 Å². The lowest BCUT2D eigenvalue weighted by Gasteiger charge is -2.07.